The second-order valence-corrected chi connectivity index (χ2v) is 23.4. The minimum Gasteiger partial charge on any atom is -0.444 e. The molecule has 0 spiro atoms. The molecule has 2 unspecified atom stereocenters. The van der Waals surface area contributed by atoms with Gasteiger partial charge in [-0.1, -0.05) is 47.5 Å². The number of hydrogen-bond donors (Lipinski definition) is 0. The number of pyridine rings is 2. The molecule has 9 rings (SSSR count). The predicted molar refractivity (Wildman–Crippen MR) is 280 cm³/mol. The van der Waals surface area contributed by atoms with Crippen LogP contribution in [0.1, 0.15) is 130 Å². The molecule has 376 valence electrons. The van der Waals surface area contributed by atoms with Crippen LogP contribution >= 0.6 is 23.2 Å². The van der Waals surface area contributed by atoms with Gasteiger partial charge >= 0.3 is 12.2 Å². The first-order chi connectivity index (χ1) is 33.6. The minimum atomic E-state index is -3.62. The number of fused-ring (bicyclic) bond motifs is 4. The number of amides is 2. The molecular weight excluding hydrogens is 960 g/mol. The molecule has 2 fully saturated rings. The SMILES string of the molecule is CC(C)(C)OC(=O)N1CCC(C2c3ccc(Cl)cc3C=C(COS(C)(=O)=O)c3cccnc32)CC1.Cc1nccn1CC1=Cc2cc(Cl)ccc2C(C2CCN(C(=O)OC(C)(C)C)CC2)c2ncccc21. The molecular formula is C55H64Cl2N6O7S. The Labute approximate surface area is 428 Å². The fourth-order valence-corrected chi connectivity index (χ4v) is 10.9. The van der Waals surface area contributed by atoms with Crippen LogP contribution in [0.25, 0.3) is 23.3 Å². The maximum atomic E-state index is 12.7. The highest BCUT2D eigenvalue weighted by atomic mass is 35.5. The number of carbonyl (C=O) groups is 2. The van der Waals surface area contributed by atoms with E-state index in [0.29, 0.717) is 43.7 Å². The van der Waals surface area contributed by atoms with E-state index < -0.39 is 21.3 Å². The predicted octanol–water partition coefficient (Wildman–Crippen LogP) is 11.9. The van der Waals surface area contributed by atoms with E-state index >= 15 is 0 Å². The topological polar surface area (TPSA) is 146 Å². The number of allylic oxidation sites excluding steroid dienone is 1. The van der Waals surface area contributed by atoms with E-state index in [1.165, 1.54) is 11.1 Å². The Morgan fingerprint density at radius 2 is 1.11 bits per heavy atom. The summed E-state index contributed by atoms with van der Waals surface area (Å²) in [6, 6.07) is 20.0. The van der Waals surface area contributed by atoms with Crippen LogP contribution in [0.15, 0.2) is 85.5 Å². The summed E-state index contributed by atoms with van der Waals surface area (Å²) in [4.78, 5) is 43.0. The third-order valence-electron chi connectivity index (χ3n) is 13.4. The molecule has 3 aromatic heterocycles. The first-order valence-electron chi connectivity index (χ1n) is 24.3. The van der Waals surface area contributed by atoms with Crippen LogP contribution in [0, 0.1) is 18.8 Å². The van der Waals surface area contributed by atoms with Crippen molar-refractivity contribution in [2.24, 2.45) is 11.8 Å². The van der Waals surface area contributed by atoms with Gasteiger partial charge in [0, 0.05) is 90.5 Å². The lowest BCUT2D eigenvalue weighted by atomic mass is 9.76. The molecule has 2 aromatic carbocycles. The quantitative estimate of drug-likeness (QED) is 0.144. The number of hydrogen-bond acceptors (Lipinski definition) is 10. The van der Waals surface area contributed by atoms with Crippen molar-refractivity contribution in [2.75, 3.05) is 39.0 Å². The van der Waals surface area contributed by atoms with Crippen LogP contribution in [-0.2, 0) is 30.3 Å². The number of aromatic nitrogens is 4. The van der Waals surface area contributed by atoms with Crippen LogP contribution in [-0.4, -0.2) is 100 Å². The Kier molecular flexibility index (Phi) is 15.5. The number of carbonyl (C=O) groups excluding carboxylic acids is 2. The molecule has 0 N–H and O–H groups in total. The Bertz CT molecular complexity index is 2940. The molecule has 0 saturated carbocycles. The number of halogens is 2. The van der Waals surface area contributed by atoms with Gasteiger partial charge in [0.1, 0.15) is 17.0 Å². The summed E-state index contributed by atoms with van der Waals surface area (Å²) < 4.78 is 42.0. The Balaban J connectivity index is 0.000000191. The average Bonchev–Trinajstić information content (AvgIpc) is 3.58. The van der Waals surface area contributed by atoms with Crippen LogP contribution in [0.5, 0.6) is 0 Å². The van der Waals surface area contributed by atoms with Gasteiger partial charge < -0.3 is 23.8 Å². The molecule has 0 bridgehead atoms. The van der Waals surface area contributed by atoms with Crippen molar-refractivity contribution in [1.29, 1.82) is 0 Å². The zero-order valence-corrected chi connectivity index (χ0v) is 44.2. The fourth-order valence-electron chi connectivity index (χ4n) is 10.2. The van der Waals surface area contributed by atoms with Crippen molar-refractivity contribution < 1.29 is 31.7 Å². The van der Waals surface area contributed by atoms with Gasteiger partial charge in [-0.05, 0) is 168 Å². The number of aryl methyl sites for hydroxylation is 1. The van der Waals surface area contributed by atoms with Crippen molar-refractivity contribution >= 4 is 68.8 Å². The number of ether oxygens (including phenoxy) is 2. The van der Waals surface area contributed by atoms with E-state index in [4.69, 9.17) is 46.8 Å². The van der Waals surface area contributed by atoms with Gasteiger partial charge in [0.2, 0.25) is 0 Å². The molecule has 5 aromatic rings. The Hall–Kier alpha value is -5.54. The molecule has 2 amide bonds. The summed E-state index contributed by atoms with van der Waals surface area (Å²) in [5.74, 6) is 1.63. The van der Waals surface area contributed by atoms with Gasteiger partial charge in [-0.3, -0.25) is 14.2 Å². The largest absolute Gasteiger partial charge is 0.444 e. The lowest BCUT2D eigenvalue weighted by Gasteiger charge is -2.37. The molecule has 5 heterocycles. The van der Waals surface area contributed by atoms with E-state index in [1.54, 1.807) is 11.1 Å². The van der Waals surface area contributed by atoms with Crippen molar-refractivity contribution in [3.05, 3.63) is 146 Å². The van der Waals surface area contributed by atoms with Gasteiger partial charge in [-0.25, -0.2) is 14.6 Å². The molecule has 13 nitrogen and oxygen atoms in total. The highest BCUT2D eigenvalue weighted by Gasteiger charge is 2.38. The molecule has 2 atom stereocenters. The summed E-state index contributed by atoms with van der Waals surface area (Å²) in [5, 5.41) is 1.32. The smallest absolute Gasteiger partial charge is 0.410 e. The zero-order chi connectivity index (χ0) is 50.8. The van der Waals surface area contributed by atoms with Crippen molar-refractivity contribution in [3.63, 3.8) is 0 Å². The van der Waals surface area contributed by atoms with Crippen molar-refractivity contribution in [2.45, 2.75) is 104 Å². The molecule has 0 radical (unpaired) electrons. The van der Waals surface area contributed by atoms with Crippen LogP contribution < -0.4 is 0 Å². The number of likely N-dealkylation sites (tertiary alicyclic amines) is 2. The van der Waals surface area contributed by atoms with E-state index in [0.717, 1.165) is 87.6 Å². The third kappa shape index (κ3) is 12.7. The van der Waals surface area contributed by atoms with E-state index in [1.807, 2.05) is 120 Å². The first kappa shape index (κ1) is 51.8. The summed E-state index contributed by atoms with van der Waals surface area (Å²) >= 11 is 12.8. The summed E-state index contributed by atoms with van der Waals surface area (Å²) in [6.07, 6.45) is 15.6. The number of rotatable bonds is 7. The highest BCUT2D eigenvalue weighted by Crippen LogP contribution is 2.47. The van der Waals surface area contributed by atoms with Crippen molar-refractivity contribution in [1.82, 2.24) is 29.3 Å². The number of benzene rings is 2. The standard InChI is InChI=1S/C29H33ClN4O2.C26H31ClN2O5S/c1-19-31-12-15-34(19)18-22-16-21-17-23(30)7-8-24(21)26(27-25(22)6-5-11-32-27)20-9-13-33(14-10-20)28(35)36-29(2,3)4;1-26(2,3)34-25(30)29-12-9-17(10-13-29)23-21-8-7-20(27)15-18(21)14-19(16-33-35(4,31)32)22-6-5-11-28-24(22)23/h5-8,11-12,15-17,20,26H,9-10,13-14,18H2,1-4H3;5-8,11,14-15,17,23H,9-10,12-13,16H2,1-4H3. The Morgan fingerprint density at radius 1 is 0.662 bits per heavy atom. The molecule has 2 aliphatic carbocycles. The van der Waals surface area contributed by atoms with E-state index in [-0.39, 0.29) is 36.5 Å². The lowest BCUT2D eigenvalue weighted by molar-refractivity contribution is 0.0167. The average molecular weight is 1020 g/mol. The van der Waals surface area contributed by atoms with Crippen LogP contribution in [0.2, 0.25) is 10.0 Å². The van der Waals surface area contributed by atoms with Crippen LogP contribution in [0.3, 0.4) is 0 Å². The molecule has 71 heavy (non-hydrogen) atoms. The maximum absolute atomic E-state index is 12.7. The third-order valence-corrected chi connectivity index (χ3v) is 14.4. The summed E-state index contributed by atoms with van der Waals surface area (Å²) in [6.45, 7) is 16.5. The van der Waals surface area contributed by atoms with Gasteiger partial charge in [-0.15, -0.1) is 0 Å². The van der Waals surface area contributed by atoms with Gasteiger partial charge in [0.25, 0.3) is 10.1 Å². The molecule has 4 aliphatic rings. The normalized spacial score (nSPS) is 18.5. The molecule has 2 aliphatic heterocycles. The maximum Gasteiger partial charge on any atom is 0.410 e. The Morgan fingerprint density at radius 3 is 1.54 bits per heavy atom. The van der Waals surface area contributed by atoms with Crippen LogP contribution in [0.4, 0.5) is 9.59 Å². The number of imidazole rings is 1. The second-order valence-electron chi connectivity index (χ2n) is 20.9. The van der Waals surface area contributed by atoms with Gasteiger partial charge in [0.05, 0.1) is 24.3 Å². The van der Waals surface area contributed by atoms with E-state index in [2.05, 4.69) is 33.8 Å². The monoisotopic (exact) mass is 1020 g/mol. The minimum absolute atomic E-state index is 0.0359. The first-order valence-corrected chi connectivity index (χ1v) is 26.9. The van der Waals surface area contributed by atoms with Gasteiger partial charge in [-0.2, -0.15) is 8.42 Å². The number of nitrogens with zero attached hydrogens (tertiary/aromatic N) is 6. The summed E-state index contributed by atoms with van der Waals surface area (Å²) in [7, 11) is -3.62. The zero-order valence-electron chi connectivity index (χ0n) is 41.8. The summed E-state index contributed by atoms with van der Waals surface area (Å²) in [5.41, 5.74) is 9.28. The highest BCUT2D eigenvalue weighted by molar-refractivity contribution is 7.86. The molecule has 2 saturated heterocycles. The van der Waals surface area contributed by atoms with Crippen molar-refractivity contribution in [3.8, 4) is 0 Å². The fraction of sp³-hybridized carbons (Fsp3) is 0.436. The van der Waals surface area contributed by atoms with E-state index in [9.17, 15) is 18.0 Å². The molecule has 16 heteroatoms. The van der Waals surface area contributed by atoms with Gasteiger partial charge in [0.15, 0.2) is 0 Å². The second kappa shape index (κ2) is 21.3. The lowest BCUT2D eigenvalue weighted by Crippen LogP contribution is -2.42. The number of piperidine rings is 2.